The summed E-state index contributed by atoms with van der Waals surface area (Å²) in [4.78, 5) is 13.9. The molecule has 5 heteroatoms. The van der Waals surface area contributed by atoms with Crippen LogP contribution in [0.3, 0.4) is 0 Å². The Bertz CT molecular complexity index is 427. The van der Waals surface area contributed by atoms with Gasteiger partial charge in [0.1, 0.15) is 11.5 Å². The molecule has 1 aromatic carbocycles. The van der Waals surface area contributed by atoms with E-state index in [0.29, 0.717) is 24.9 Å². The van der Waals surface area contributed by atoms with Crippen LogP contribution in [0.2, 0.25) is 0 Å². The second-order valence-electron chi connectivity index (χ2n) is 4.94. The molecule has 20 heavy (non-hydrogen) atoms. The smallest absolute Gasteiger partial charge is 0.325 e. The van der Waals surface area contributed by atoms with Crippen LogP contribution in [0.1, 0.15) is 13.3 Å². The summed E-state index contributed by atoms with van der Waals surface area (Å²) < 4.78 is 10.7. The molecule has 0 aromatic heterocycles. The van der Waals surface area contributed by atoms with Crippen LogP contribution in [0.15, 0.2) is 24.3 Å². The molecule has 0 aliphatic carbocycles. The van der Waals surface area contributed by atoms with Gasteiger partial charge in [0.15, 0.2) is 0 Å². The van der Waals surface area contributed by atoms with Crippen LogP contribution in [-0.2, 0) is 4.79 Å². The number of likely N-dealkylation sites (N-methyl/N-ethyl adjacent to an activating group) is 1. The number of benzene rings is 1. The molecule has 0 saturated carbocycles. The maximum absolute atomic E-state index is 11.9. The van der Waals surface area contributed by atoms with Gasteiger partial charge in [0, 0.05) is 12.6 Å². The van der Waals surface area contributed by atoms with Crippen LogP contribution in [0.25, 0.3) is 0 Å². The van der Waals surface area contributed by atoms with E-state index in [0.717, 1.165) is 25.3 Å². The van der Waals surface area contributed by atoms with Crippen molar-refractivity contribution in [1.82, 2.24) is 10.2 Å². The van der Waals surface area contributed by atoms with Gasteiger partial charge in [-0.2, -0.15) is 0 Å². The predicted octanol–water partition coefficient (Wildman–Crippen LogP) is 1.28. The van der Waals surface area contributed by atoms with Crippen molar-refractivity contribution in [2.45, 2.75) is 19.4 Å². The number of esters is 1. The van der Waals surface area contributed by atoms with E-state index in [4.69, 9.17) is 9.47 Å². The molecule has 1 aliphatic rings. The van der Waals surface area contributed by atoms with Gasteiger partial charge < -0.3 is 14.8 Å². The number of nitrogens with one attached hydrogen (secondary N) is 1. The van der Waals surface area contributed by atoms with E-state index in [2.05, 4.69) is 5.32 Å². The Morgan fingerprint density at radius 2 is 2.05 bits per heavy atom. The summed E-state index contributed by atoms with van der Waals surface area (Å²) >= 11 is 0. The zero-order chi connectivity index (χ0) is 14.4. The van der Waals surface area contributed by atoms with E-state index in [9.17, 15) is 4.79 Å². The molecular formula is C15H22N2O3. The fraction of sp³-hybridized carbons (Fsp3) is 0.533. The van der Waals surface area contributed by atoms with E-state index in [1.54, 1.807) is 24.3 Å². The van der Waals surface area contributed by atoms with Crippen molar-refractivity contribution >= 4 is 5.97 Å². The molecule has 0 radical (unpaired) electrons. The Balaban J connectivity index is 1.81. The first-order chi connectivity index (χ1) is 9.69. The number of nitrogens with zero attached hydrogens (tertiary/aromatic N) is 1. The molecule has 1 fully saturated rings. The molecule has 0 bridgehead atoms. The zero-order valence-corrected chi connectivity index (χ0v) is 12.1. The molecule has 1 unspecified atom stereocenters. The number of hydrogen-bond donors (Lipinski definition) is 1. The number of hydrogen-bond acceptors (Lipinski definition) is 5. The second-order valence-corrected chi connectivity index (χ2v) is 4.94. The summed E-state index contributed by atoms with van der Waals surface area (Å²) in [6, 6.07) is 7.52. The summed E-state index contributed by atoms with van der Waals surface area (Å²) in [6.45, 7) is 4.82. The number of ether oxygens (including phenoxy) is 2. The van der Waals surface area contributed by atoms with Crippen molar-refractivity contribution in [3.63, 3.8) is 0 Å². The van der Waals surface area contributed by atoms with Crippen LogP contribution in [0.4, 0.5) is 0 Å². The van der Waals surface area contributed by atoms with Gasteiger partial charge in [0.25, 0.3) is 0 Å². The van der Waals surface area contributed by atoms with E-state index >= 15 is 0 Å². The third-order valence-corrected chi connectivity index (χ3v) is 3.40. The Hall–Kier alpha value is -1.59. The maximum Gasteiger partial charge on any atom is 0.325 e. The lowest BCUT2D eigenvalue weighted by Crippen LogP contribution is -2.38. The molecule has 1 aliphatic heterocycles. The van der Waals surface area contributed by atoms with Crippen molar-refractivity contribution in [3.8, 4) is 11.5 Å². The highest BCUT2D eigenvalue weighted by molar-refractivity contribution is 5.74. The number of carbonyl (C=O) groups excluding carboxylic acids is 1. The monoisotopic (exact) mass is 278 g/mol. The molecule has 1 saturated heterocycles. The Kier molecular flexibility index (Phi) is 5.38. The van der Waals surface area contributed by atoms with E-state index in [-0.39, 0.29) is 5.97 Å². The van der Waals surface area contributed by atoms with Gasteiger partial charge in [0.05, 0.1) is 13.2 Å². The minimum absolute atomic E-state index is 0.233. The lowest BCUT2D eigenvalue weighted by Gasteiger charge is -2.22. The van der Waals surface area contributed by atoms with Crippen molar-refractivity contribution in [1.29, 1.82) is 0 Å². The Morgan fingerprint density at radius 3 is 2.65 bits per heavy atom. The SMILES string of the molecule is CCOc1ccc(OC(=O)CN(C)C2CCNC2)cc1. The van der Waals surface area contributed by atoms with Crippen LogP contribution in [-0.4, -0.2) is 50.2 Å². The molecule has 1 N–H and O–H groups in total. The van der Waals surface area contributed by atoms with E-state index in [1.807, 2.05) is 18.9 Å². The highest BCUT2D eigenvalue weighted by Crippen LogP contribution is 2.17. The summed E-state index contributed by atoms with van der Waals surface area (Å²) in [5, 5.41) is 3.29. The molecular weight excluding hydrogens is 256 g/mol. The van der Waals surface area contributed by atoms with E-state index < -0.39 is 0 Å². The second kappa shape index (κ2) is 7.26. The molecule has 2 rings (SSSR count). The summed E-state index contributed by atoms with van der Waals surface area (Å²) in [5.74, 6) is 1.10. The predicted molar refractivity (Wildman–Crippen MR) is 77.2 cm³/mol. The van der Waals surface area contributed by atoms with Gasteiger partial charge in [-0.3, -0.25) is 9.69 Å². The summed E-state index contributed by atoms with van der Waals surface area (Å²) in [6.07, 6.45) is 1.08. The minimum Gasteiger partial charge on any atom is -0.494 e. The molecule has 110 valence electrons. The standard InChI is InChI=1S/C15H22N2O3/c1-3-19-13-4-6-14(7-5-13)20-15(18)11-17(2)12-8-9-16-10-12/h4-7,12,16H,3,8-11H2,1-2H3. The zero-order valence-electron chi connectivity index (χ0n) is 12.1. The molecule has 1 heterocycles. The van der Waals surface area contributed by atoms with Crippen LogP contribution in [0, 0.1) is 0 Å². The van der Waals surface area contributed by atoms with Crippen molar-refractivity contribution < 1.29 is 14.3 Å². The lowest BCUT2D eigenvalue weighted by molar-refractivity contribution is -0.135. The fourth-order valence-electron chi connectivity index (χ4n) is 2.28. The number of rotatable bonds is 6. The normalized spacial score (nSPS) is 18.2. The maximum atomic E-state index is 11.9. The Morgan fingerprint density at radius 1 is 1.35 bits per heavy atom. The summed E-state index contributed by atoms with van der Waals surface area (Å²) in [5.41, 5.74) is 0. The first-order valence-electron chi connectivity index (χ1n) is 7.03. The summed E-state index contributed by atoms with van der Waals surface area (Å²) in [7, 11) is 1.96. The van der Waals surface area contributed by atoms with Crippen molar-refractivity contribution in [3.05, 3.63) is 24.3 Å². The molecule has 1 aromatic rings. The Labute approximate surface area is 119 Å². The van der Waals surface area contributed by atoms with Gasteiger partial charge >= 0.3 is 5.97 Å². The van der Waals surface area contributed by atoms with Crippen LogP contribution in [0.5, 0.6) is 11.5 Å². The van der Waals surface area contributed by atoms with Crippen molar-refractivity contribution in [2.24, 2.45) is 0 Å². The van der Waals surface area contributed by atoms with Gasteiger partial charge in [-0.15, -0.1) is 0 Å². The third kappa shape index (κ3) is 4.21. The van der Waals surface area contributed by atoms with Gasteiger partial charge in [0.2, 0.25) is 0 Å². The lowest BCUT2D eigenvalue weighted by atomic mass is 10.2. The number of carbonyl (C=O) groups is 1. The molecule has 5 nitrogen and oxygen atoms in total. The topological polar surface area (TPSA) is 50.8 Å². The first-order valence-corrected chi connectivity index (χ1v) is 7.03. The molecule has 0 amide bonds. The average molecular weight is 278 g/mol. The highest BCUT2D eigenvalue weighted by atomic mass is 16.5. The third-order valence-electron chi connectivity index (χ3n) is 3.40. The van der Waals surface area contributed by atoms with Crippen LogP contribution >= 0.6 is 0 Å². The van der Waals surface area contributed by atoms with Gasteiger partial charge in [-0.05, 0) is 51.2 Å². The minimum atomic E-state index is -0.233. The molecule has 0 spiro atoms. The van der Waals surface area contributed by atoms with Gasteiger partial charge in [-0.25, -0.2) is 0 Å². The fourth-order valence-corrected chi connectivity index (χ4v) is 2.28. The quantitative estimate of drug-likeness (QED) is 0.627. The molecule has 1 atom stereocenters. The highest BCUT2D eigenvalue weighted by Gasteiger charge is 2.21. The first kappa shape index (κ1) is 14.8. The average Bonchev–Trinajstić information content (AvgIpc) is 2.95. The van der Waals surface area contributed by atoms with E-state index in [1.165, 1.54) is 0 Å². The van der Waals surface area contributed by atoms with Crippen molar-refractivity contribution in [2.75, 3.05) is 33.3 Å². The largest absolute Gasteiger partial charge is 0.494 e. The van der Waals surface area contributed by atoms with Gasteiger partial charge in [-0.1, -0.05) is 0 Å². The van der Waals surface area contributed by atoms with Crippen LogP contribution < -0.4 is 14.8 Å².